The summed E-state index contributed by atoms with van der Waals surface area (Å²) in [6, 6.07) is -0.745. The molecule has 1 rings (SSSR count). The summed E-state index contributed by atoms with van der Waals surface area (Å²) in [6.07, 6.45) is -7.01. The third-order valence-corrected chi connectivity index (χ3v) is 2.88. The van der Waals surface area contributed by atoms with Crippen LogP contribution >= 0.6 is 0 Å². The van der Waals surface area contributed by atoms with Gasteiger partial charge in [0.2, 0.25) is 0 Å². The molecule has 0 spiro atoms. The van der Waals surface area contributed by atoms with Gasteiger partial charge in [-0.15, -0.1) is 0 Å². The molecule has 6 atom stereocenters. The van der Waals surface area contributed by atoms with Crippen molar-refractivity contribution in [1.82, 2.24) is 5.32 Å². The van der Waals surface area contributed by atoms with Gasteiger partial charge in [0.05, 0.1) is 12.7 Å². The van der Waals surface area contributed by atoms with E-state index < -0.39 is 49.1 Å². The molecule has 0 saturated carbocycles. The van der Waals surface area contributed by atoms with Crippen molar-refractivity contribution in [2.24, 2.45) is 0 Å². The molecular formula is C11H21NO9. The fourth-order valence-electron chi connectivity index (χ4n) is 1.56. The molecule has 0 aromatic carbocycles. The highest BCUT2D eigenvalue weighted by atomic mass is 16.4. The summed E-state index contributed by atoms with van der Waals surface area (Å²) in [6.45, 7) is -0.165. The molecule has 1 heterocycles. The van der Waals surface area contributed by atoms with Crippen LogP contribution in [0.1, 0.15) is 6.42 Å². The molecular weight excluding hydrogens is 290 g/mol. The summed E-state index contributed by atoms with van der Waals surface area (Å²) in [4.78, 5) is 20.1. The van der Waals surface area contributed by atoms with Gasteiger partial charge in [-0.05, 0) is 13.0 Å². The minimum absolute atomic E-state index is 0.0258. The van der Waals surface area contributed by atoms with Gasteiger partial charge < -0.3 is 45.9 Å². The van der Waals surface area contributed by atoms with E-state index in [9.17, 15) is 9.59 Å². The highest BCUT2D eigenvalue weighted by Crippen LogP contribution is 2.05. The maximum absolute atomic E-state index is 10.2. The molecule has 21 heavy (non-hydrogen) atoms. The molecule has 1 aliphatic heterocycles. The second-order valence-corrected chi connectivity index (χ2v) is 4.48. The predicted molar refractivity (Wildman–Crippen MR) is 67.2 cm³/mol. The standard InChI is InChI=1S/C6H12O6.C5H9NO3/c7-1-3(9)5(11)6(12)4(10)2-8;7-3-1-2-6-4(3)5(8)9/h1,3-6,8-12H,2H2;3-4,6-7H,1-2H2,(H,8,9)/t3-,4+,5+,6+;3-,4-/m00/s1. The number of carboxylic acids is 1. The monoisotopic (exact) mass is 311 g/mol. The molecule has 0 amide bonds. The lowest BCUT2D eigenvalue weighted by Crippen LogP contribution is -2.46. The first-order chi connectivity index (χ1) is 9.76. The number of nitrogens with one attached hydrogen (secondary N) is 1. The van der Waals surface area contributed by atoms with Gasteiger partial charge >= 0.3 is 5.97 Å². The molecule has 1 fully saturated rings. The van der Waals surface area contributed by atoms with Crippen LogP contribution in [0, 0.1) is 0 Å². The van der Waals surface area contributed by atoms with E-state index in [1.807, 2.05) is 0 Å². The van der Waals surface area contributed by atoms with Crippen molar-refractivity contribution in [3.05, 3.63) is 0 Å². The number of carbonyl (C=O) groups is 2. The molecule has 10 heteroatoms. The van der Waals surface area contributed by atoms with Gasteiger partial charge in [0.25, 0.3) is 0 Å². The number of aldehydes is 1. The molecule has 10 nitrogen and oxygen atoms in total. The van der Waals surface area contributed by atoms with E-state index in [4.69, 9.17) is 35.7 Å². The van der Waals surface area contributed by atoms with Crippen LogP contribution in [0.5, 0.6) is 0 Å². The minimum atomic E-state index is -1.79. The zero-order chi connectivity index (χ0) is 16.6. The summed E-state index contributed by atoms with van der Waals surface area (Å²) in [5.74, 6) is -0.972. The Balaban J connectivity index is 0.000000394. The van der Waals surface area contributed by atoms with E-state index in [1.54, 1.807) is 0 Å². The first-order valence-electron chi connectivity index (χ1n) is 6.18. The molecule has 0 unspecified atom stereocenters. The summed E-state index contributed by atoms with van der Waals surface area (Å²) in [7, 11) is 0. The lowest BCUT2D eigenvalue weighted by Gasteiger charge is -2.22. The van der Waals surface area contributed by atoms with Crippen LogP contribution in [0.3, 0.4) is 0 Å². The number of hydrogen-bond donors (Lipinski definition) is 8. The van der Waals surface area contributed by atoms with Gasteiger partial charge in [0, 0.05) is 0 Å². The van der Waals surface area contributed by atoms with Crippen LogP contribution in [0.4, 0.5) is 0 Å². The largest absolute Gasteiger partial charge is 0.480 e. The molecule has 1 saturated heterocycles. The Kier molecular flexibility index (Phi) is 9.21. The normalized spacial score (nSPS) is 27.0. The third kappa shape index (κ3) is 6.44. The Bertz CT molecular complexity index is 327. The van der Waals surface area contributed by atoms with E-state index in [2.05, 4.69) is 5.32 Å². The van der Waals surface area contributed by atoms with Gasteiger partial charge in [-0.2, -0.15) is 0 Å². The fourth-order valence-corrected chi connectivity index (χ4v) is 1.56. The zero-order valence-corrected chi connectivity index (χ0v) is 11.1. The van der Waals surface area contributed by atoms with Crippen LogP contribution in [-0.2, 0) is 9.59 Å². The van der Waals surface area contributed by atoms with Gasteiger partial charge in [-0.25, -0.2) is 0 Å². The molecule has 8 N–H and O–H groups in total. The fraction of sp³-hybridized carbons (Fsp3) is 0.818. The summed E-state index contributed by atoms with van der Waals surface area (Å²) in [5.41, 5.74) is 0. The second-order valence-electron chi connectivity index (χ2n) is 4.48. The summed E-state index contributed by atoms with van der Waals surface area (Å²) in [5, 5.41) is 63.5. The van der Waals surface area contributed by atoms with E-state index in [1.165, 1.54) is 0 Å². The Morgan fingerprint density at radius 3 is 2.10 bits per heavy atom. The van der Waals surface area contributed by atoms with Crippen molar-refractivity contribution < 1.29 is 45.3 Å². The SMILES string of the molecule is O=C(O)[C@H]1NCC[C@@H]1O.O=C[C@H](O)[C@@H](O)[C@H](O)[C@H](O)CO. The first kappa shape index (κ1) is 19.9. The number of carbonyl (C=O) groups excluding carboxylic acids is 1. The highest BCUT2D eigenvalue weighted by Gasteiger charge is 2.30. The van der Waals surface area contributed by atoms with Crippen LogP contribution < -0.4 is 5.32 Å². The first-order valence-corrected chi connectivity index (χ1v) is 6.18. The van der Waals surface area contributed by atoms with Crippen molar-refractivity contribution in [1.29, 1.82) is 0 Å². The van der Waals surface area contributed by atoms with Crippen molar-refractivity contribution in [2.45, 2.75) is 43.0 Å². The predicted octanol–water partition coefficient (Wildman–Crippen LogP) is -4.58. The number of carboxylic acid groups (broad SMARTS) is 1. The molecule has 1 aliphatic rings. The van der Waals surface area contributed by atoms with E-state index in [0.29, 0.717) is 13.0 Å². The van der Waals surface area contributed by atoms with Gasteiger partial charge in [0.15, 0.2) is 6.29 Å². The Morgan fingerprint density at radius 2 is 1.81 bits per heavy atom. The zero-order valence-electron chi connectivity index (χ0n) is 11.1. The van der Waals surface area contributed by atoms with Crippen molar-refractivity contribution in [3.8, 4) is 0 Å². The van der Waals surface area contributed by atoms with Gasteiger partial charge in [-0.3, -0.25) is 4.79 Å². The Hall–Kier alpha value is -1.14. The average Bonchev–Trinajstić information content (AvgIpc) is 2.90. The minimum Gasteiger partial charge on any atom is -0.480 e. The molecule has 0 aromatic heterocycles. The van der Waals surface area contributed by atoms with E-state index in [0.717, 1.165) is 0 Å². The van der Waals surface area contributed by atoms with Crippen LogP contribution in [0.25, 0.3) is 0 Å². The van der Waals surface area contributed by atoms with Crippen molar-refractivity contribution in [3.63, 3.8) is 0 Å². The van der Waals surface area contributed by atoms with Crippen molar-refractivity contribution in [2.75, 3.05) is 13.2 Å². The van der Waals surface area contributed by atoms with Crippen LogP contribution in [-0.4, -0.2) is 97.7 Å². The second kappa shape index (κ2) is 9.73. The Morgan fingerprint density at radius 1 is 1.24 bits per heavy atom. The molecule has 124 valence electrons. The number of aliphatic carboxylic acids is 1. The lowest BCUT2D eigenvalue weighted by molar-refractivity contribution is -0.141. The van der Waals surface area contributed by atoms with Crippen molar-refractivity contribution >= 4 is 12.3 Å². The van der Waals surface area contributed by atoms with Crippen LogP contribution in [0.15, 0.2) is 0 Å². The number of rotatable bonds is 6. The summed E-state index contributed by atoms with van der Waals surface area (Å²) < 4.78 is 0. The van der Waals surface area contributed by atoms with E-state index in [-0.39, 0.29) is 6.29 Å². The highest BCUT2D eigenvalue weighted by molar-refractivity contribution is 5.74. The maximum atomic E-state index is 10.2. The number of aliphatic hydroxyl groups is 6. The third-order valence-electron chi connectivity index (χ3n) is 2.88. The maximum Gasteiger partial charge on any atom is 0.323 e. The Labute approximate surface area is 120 Å². The average molecular weight is 311 g/mol. The van der Waals surface area contributed by atoms with Gasteiger partial charge in [-0.1, -0.05) is 0 Å². The molecule has 0 radical (unpaired) electrons. The summed E-state index contributed by atoms with van der Waals surface area (Å²) >= 11 is 0. The lowest BCUT2D eigenvalue weighted by atomic mass is 10.0. The molecule has 0 aromatic rings. The van der Waals surface area contributed by atoms with Crippen LogP contribution in [0.2, 0.25) is 0 Å². The number of aliphatic hydroxyl groups excluding tert-OH is 6. The topological polar surface area (TPSA) is 188 Å². The molecule has 0 aliphatic carbocycles. The number of hydrogen-bond acceptors (Lipinski definition) is 9. The van der Waals surface area contributed by atoms with Gasteiger partial charge in [0.1, 0.15) is 30.5 Å². The smallest absolute Gasteiger partial charge is 0.323 e. The van der Waals surface area contributed by atoms with E-state index >= 15 is 0 Å². The quantitative estimate of drug-likeness (QED) is 0.222. The molecule has 0 bridgehead atoms.